The van der Waals surface area contributed by atoms with Crippen molar-refractivity contribution in [3.8, 4) is 6.07 Å². The van der Waals surface area contributed by atoms with Gasteiger partial charge in [-0.1, -0.05) is 0 Å². The van der Waals surface area contributed by atoms with Gasteiger partial charge in [-0.15, -0.1) is 0 Å². The fraction of sp³-hybridized carbons (Fsp3) is 0.111. The second-order valence-corrected chi connectivity index (χ2v) is 2.48. The maximum atomic E-state index is 12.9. The Bertz CT molecular complexity index is 384. The lowest BCUT2D eigenvalue weighted by Gasteiger charge is -1.98. The zero-order valence-electron chi connectivity index (χ0n) is 6.77. The van der Waals surface area contributed by atoms with Gasteiger partial charge in [-0.05, 0) is 19.1 Å². The summed E-state index contributed by atoms with van der Waals surface area (Å²) < 4.78 is 25.7. The molecule has 0 aliphatic heterocycles. The van der Waals surface area contributed by atoms with Crippen molar-refractivity contribution in [2.45, 2.75) is 6.92 Å². The van der Waals surface area contributed by atoms with Crippen molar-refractivity contribution in [2.24, 2.45) is 0 Å². The minimum absolute atomic E-state index is 0.0750. The van der Waals surface area contributed by atoms with E-state index >= 15 is 0 Å². The number of ketones is 1. The minimum atomic E-state index is -1.01. The molecule has 2 nitrogen and oxygen atoms in total. The zero-order chi connectivity index (χ0) is 10.0. The number of nitrogens with zero attached hydrogens (tertiary/aromatic N) is 1. The zero-order valence-corrected chi connectivity index (χ0v) is 6.77. The van der Waals surface area contributed by atoms with Crippen LogP contribution in [0.15, 0.2) is 12.1 Å². The van der Waals surface area contributed by atoms with Crippen molar-refractivity contribution in [3.05, 3.63) is 34.9 Å². The summed E-state index contributed by atoms with van der Waals surface area (Å²) in [6.45, 7) is 1.19. The fourth-order valence-electron chi connectivity index (χ4n) is 0.883. The minimum Gasteiger partial charge on any atom is -0.295 e. The van der Waals surface area contributed by atoms with Gasteiger partial charge in [0.05, 0.1) is 0 Å². The highest BCUT2D eigenvalue weighted by molar-refractivity contribution is 5.94. The van der Waals surface area contributed by atoms with Crippen LogP contribution in [-0.2, 0) is 0 Å². The first kappa shape index (κ1) is 9.33. The molecule has 0 aliphatic rings. The Labute approximate surface area is 73.4 Å². The average Bonchev–Trinajstić information content (AvgIpc) is 2.03. The van der Waals surface area contributed by atoms with Crippen molar-refractivity contribution < 1.29 is 13.6 Å². The molecule has 1 aromatic carbocycles. The molecule has 0 heterocycles. The summed E-state index contributed by atoms with van der Waals surface area (Å²) in [5.74, 6) is -2.46. The maximum absolute atomic E-state index is 12.9. The third kappa shape index (κ3) is 1.70. The molecule has 0 atom stereocenters. The van der Waals surface area contributed by atoms with Crippen LogP contribution in [0, 0.1) is 23.0 Å². The van der Waals surface area contributed by atoms with Crippen LogP contribution in [0.4, 0.5) is 8.78 Å². The fourth-order valence-corrected chi connectivity index (χ4v) is 0.883. The number of carbonyl (C=O) groups excluding carboxylic acids is 1. The lowest BCUT2D eigenvalue weighted by atomic mass is 10.1. The molecule has 0 N–H and O–H groups in total. The molecule has 13 heavy (non-hydrogen) atoms. The molecule has 0 bridgehead atoms. The summed E-state index contributed by atoms with van der Waals surface area (Å²) in [7, 11) is 0. The Hall–Kier alpha value is -1.76. The molecule has 0 radical (unpaired) electrons. The van der Waals surface area contributed by atoms with Crippen molar-refractivity contribution in [1.29, 1.82) is 5.26 Å². The van der Waals surface area contributed by atoms with Crippen LogP contribution in [-0.4, -0.2) is 5.78 Å². The van der Waals surface area contributed by atoms with Gasteiger partial charge in [0, 0.05) is 5.56 Å². The molecule has 0 spiro atoms. The van der Waals surface area contributed by atoms with E-state index < -0.39 is 23.0 Å². The number of hydrogen-bond donors (Lipinski definition) is 0. The molecule has 66 valence electrons. The number of rotatable bonds is 1. The summed E-state index contributed by atoms with van der Waals surface area (Å²) in [4.78, 5) is 10.7. The predicted molar refractivity (Wildman–Crippen MR) is 41.1 cm³/mol. The SMILES string of the molecule is CC(=O)c1cc(F)c(C#N)c(F)c1. The van der Waals surface area contributed by atoms with Gasteiger partial charge in [0.2, 0.25) is 0 Å². The molecule has 1 rings (SSSR count). The number of nitriles is 1. The van der Waals surface area contributed by atoms with Crippen LogP contribution in [0.25, 0.3) is 0 Å². The summed E-state index contributed by atoms with van der Waals surface area (Å²) in [5, 5.41) is 8.31. The van der Waals surface area contributed by atoms with E-state index in [1.807, 2.05) is 0 Å². The molecule has 0 saturated heterocycles. The first-order chi connectivity index (χ1) is 6.06. The molecule has 0 saturated carbocycles. The lowest BCUT2D eigenvalue weighted by molar-refractivity contribution is 0.101. The van der Waals surface area contributed by atoms with E-state index in [0.29, 0.717) is 0 Å². The van der Waals surface area contributed by atoms with Gasteiger partial charge in [0.25, 0.3) is 0 Å². The Morgan fingerprint density at radius 3 is 2.15 bits per heavy atom. The molecule has 0 aromatic heterocycles. The van der Waals surface area contributed by atoms with Crippen LogP contribution < -0.4 is 0 Å². The van der Waals surface area contributed by atoms with E-state index in [4.69, 9.17) is 5.26 Å². The van der Waals surface area contributed by atoms with E-state index in [-0.39, 0.29) is 5.56 Å². The van der Waals surface area contributed by atoms with Crippen molar-refractivity contribution >= 4 is 5.78 Å². The Morgan fingerprint density at radius 1 is 1.38 bits per heavy atom. The second kappa shape index (κ2) is 3.31. The van der Waals surface area contributed by atoms with Crippen LogP contribution in [0.2, 0.25) is 0 Å². The highest BCUT2D eigenvalue weighted by Gasteiger charge is 2.12. The predicted octanol–water partition coefficient (Wildman–Crippen LogP) is 2.04. The van der Waals surface area contributed by atoms with Gasteiger partial charge in [-0.3, -0.25) is 4.79 Å². The summed E-state index contributed by atoms with van der Waals surface area (Å²) >= 11 is 0. The van der Waals surface area contributed by atoms with Crippen LogP contribution in [0.1, 0.15) is 22.8 Å². The molecule has 0 fully saturated rings. The Morgan fingerprint density at radius 2 is 1.85 bits per heavy atom. The number of Topliss-reactive ketones (excluding diaryl/α,β-unsaturated/α-hetero) is 1. The van der Waals surface area contributed by atoms with Gasteiger partial charge in [0.15, 0.2) is 5.78 Å². The van der Waals surface area contributed by atoms with Crippen LogP contribution in [0.3, 0.4) is 0 Å². The normalized spacial score (nSPS) is 9.38. The smallest absolute Gasteiger partial charge is 0.160 e. The molecule has 1 aromatic rings. The van der Waals surface area contributed by atoms with Crippen LogP contribution in [0.5, 0.6) is 0 Å². The first-order valence-electron chi connectivity index (χ1n) is 3.46. The molecular formula is C9H5F2NO. The third-order valence-corrected chi connectivity index (χ3v) is 1.56. The summed E-state index contributed by atoms with van der Waals surface area (Å²) in [6, 6.07) is 3.07. The Balaban J connectivity index is 3.39. The van der Waals surface area contributed by atoms with E-state index in [1.165, 1.54) is 13.0 Å². The number of benzene rings is 1. The van der Waals surface area contributed by atoms with Crippen molar-refractivity contribution in [2.75, 3.05) is 0 Å². The maximum Gasteiger partial charge on any atom is 0.160 e. The van der Waals surface area contributed by atoms with Crippen molar-refractivity contribution in [3.63, 3.8) is 0 Å². The van der Waals surface area contributed by atoms with E-state index in [0.717, 1.165) is 12.1 Å². The van der Waals surface area contributed by atoms with Gasteiger partial charge in [0.1, 0.15) is 23.3 Å². The van der Waals surface area contributed by atoms with Crippen LogP contribution >= 0.6 is 0 Å². The average molecular weight is 181 g/mol. The Kier molecular flexibility index (Phi) is 2.38. The molecule has 0 unspecified atom stereocenters. The van der Waals surface area contributed by atoms with Gasteiger partial charge >= 0.3 is 0 Å². The molecular weight excluding hydrogens is 176 g/mol. The standard InChI is InChI=1S/C9H5F2NO/c1-5(13)6-2-8(10)7(4-12)9(11)3-6/h2-3H,1H3. The van der Waals surface area contributed by atoms with Gasteiger partial charge < -0.3 is 0 Å². The second-order valence-electron chi connectivity index (χ2n) is 2.48. The number of carbonyl (C=O) groups is 1. The van der Waals surface area contributed by atoms with E-state index in [1.54, 1.807) is 0 Å². The highest BCUT2D eigenvalue weighted by Crippen LogP contribution is 2.14. The molecule has 0 aliphatic carbocycles. The first-order valence-corrected chi connectivity index (χ1v) is 3.46. The van der Waals surface area contributed by atoms with Gasteiger partial charge in [-0.25, -0.2) is 8.78 Å². The van der Waals surface area contributed by atoms with Gasteiger partial charge in [-0.2, -0.15) is 5.26 Å². The number of halogens is 2. The topological polar surface area (TPSA) is 40.9 Å². The molecule has 0 amide bonds. The monoisotopic (exact) mass is 181 g/mol. The lowest BCUT2D eigenvalue weighted by Crippen LogP contribution is -1.98. The van der Waals surface area contributed by atoms with Crippen molar-refractivity contribution in [1.82, 2.24) is 0 Å². The summed E-state index contributed by atoms with van der Waals surface area (Å²) in [6.07, 6.45) is 0. The highest BCUT2D eigenvalue weighted by atomic mass is 19.1. The summed E-state index contributed by atoms with van der Waals surface area (Å²) in [5.41, 5.74) is -0.737. The number of hydrogen-bond acceptors (Lipinski definition) is 2. The van der Waals surface area contributed by atoms with E-state index in [2.05, 4.69) is 0 Å². The quantitative estimate of drug-likeness (QED) is 0.622. The molecule has 4 heteroatoms. The largest absolute Gasteiger partial charge is 0.295 e. The van der Waals surface area contributed by atoms with E-state index in [9.17, 15) is 13.6 Å². The third-order valence-electron chi connectivity index (χ3n) is 1.56.